The second-order valence-corrected chi connectivity index (χ2v) is 9.85. The Labute approximate surface area is 206 Å². The van der Waals surface area contributed by atoms with Crippen molar-refractivity contribution in [3.8, 4) is 17.0 Å². The predicted molar refractivity (Wildman–Crippen MR) is 136 cm³/mol. The molecule has 3 heterocycles. The highest BCUT2D eigenvalue weighted by Crippen LogP contribution is 2.34. The Morgan fingerprint density at radius 2 is 1.91 bits per heavy atom. The topological polar surface area (TPSA) is 88.3 Å². The molecule has 2 amide bonds. The van der Waals surface area contributed by atoms with Gasteiger partial charge in [-0.2, -0.15) is 5.10 Å². The number of hydrogen-bond acceptors (Lipinski definition) is 6. The Bertz CT molecular complexity index is 1430. The number of nitrogens with one attached hydrogen (secondary N) is 1. The molecule has 0 spiro atoms. The smallest absolute Gasteiger partial charge is 0.279 e. The minimum absolute atomic E-state index is 0.0118. The lowest BCUT2D eigenvalue weighted by atomic mass is 9.96. The molecule has 1 aromatic heterocycles. The van der Waals surface area contributed by atoms with E-state index < -0.39 is 0 Å². The van der Waals surface area contributed by atoms with E-state index in [0.29, 0.717) is 17.1 Å². The zero-order valence-corrected chi connectivity index (χ0v) is 20.2. The molecule has 1 N–H and O–H groups in total. The zero-order valence-electron chi connectivity index (χ0n) is 19.4. The van der Waals surface area contributed by atoms with Crippen LogP contribution in [0.5, 0.6) is 5.75 Å². The van der Waals surface area contributed by atoms with Crippen LogP contribution in [0.15, 0.2) is 57.9 Å². The van der Waals surface area contributed by atoms with Crippen molar-refractivity contribution < 1.29 is 14.3 Å². The lowest BCUT2D eigenvalue weighted by Gasteiger charge is -2.18. The number of benzene rings is 2. The molecule has 0 bridgehead atoms. The number of para-hydroxylation sites is 1. The molecule has 2 aromatic carbocycles. The average molecular weight is 488 g/mol. The average Bonchev–Trinajstić information content (AvgIpc) is 3.38. The number of carbonyl (C=O) groups excluding carboxylic acids is 2. The summed E-state index contributed by atoms with van der Waals surface area (Å²) in [7, 11) is 1.77. The minimum Gasteiger partial charge on any atom is -0.482 e. The van der Waals surface area contributed by atoms with Crippen molar-refractivity contribution in [2.24, 2.45) is 10.1 Å². The number of likely N-dealkylation sites (N-methyl/N-ethyl adjacent to an activating group) is 1. The molecule has 2 aliphatic heterocycles. The van der Waals surface area contributed by atoms with Crippen LogP contribution in [0.25, 0.3) is 11.3 Å². The number of hydrogen-bond donors (Lipinski definition) is 1. The maximum atomic E-state index is 13.2. The highest BCUT2D eigenvalue weighted by molar-refractivity contribution is 7.07. The molecule has 0 radical (unpaired) electrons. The molecule has 3 aliphatic rings. The number of aromatic nitrogens is 1. The van der Waals surface area contributed by atoms with Crippen molar-refractivity contribution in [1.82, 2.24) is 4.68 Å². The number of nitrogens with zero attached hydrogens (tertiary/aromatic N) is 4. The third kappa shape index (κ3) is 3.95. The summed E-state index contributed by atoms with van der Waals surface area (Å²) < 4.78 is 7.31. The molecule has 0 saturated heterocycles. The Kier molecular flexibility index (Phi) is 5.49. The molecule has 8 nitrogen and oxygen atoms in total. The van der Waals surface area contributed by atoms with Gasteiger partial charge in [-0.05, 0) is 37.1 Å². The monoisotopic (exact) mass is 487 g/mol. The largest absolute Gasteiger partial charge is 0.482 e. The summed E-state index contributed by atoms with van der Waals surface area (Å²) in [6.45, 7) is 0.0118. The van der Waals surface area contributed by atoms with Crippen LogP contribution in [0.3, 0.4) is 0 Å². The maximum Gasteiger partial charge on any atom is 0.279 e. The molecule has 0 unspecified atom stereocenters. The second-order valence-electron chi connectivity index (χ2n) is 9.01. The minimum atomic E-state index is -0.183. The quantitative estimate of drug-likeness (QED) is 0.606. The van der Waals surface area contributed by atoms with E-state index in [1.54, 1.807) is 16.6 Å². The van der Waals surface area contributed by atoms with Crippen molar-refractivity contribution in [3.63, 3.8) is 0 Å². The molecule has 178 valence electrons. The van der Waals surface area contributed by atoms with Crippen molar-refractivity contribution >= 4 is 40.2 Å². The lowest BCUT2D eigenvalue weighted by molar-refractivity contribution is -0.118. The van der Waals surface area contributed by atoms with E-state index in [2.05, 4.69) is 5.32 Å². The molecule has 0 atom stereocenters. The van der Waals surface area contributed by atoms with Crippen LogP contribution < -0.4 is 19.8 Å². The number of carbonyl (C=O) groups is 2. The van der Waals surface area contributed by atoms with Gasteiger partial charge in [-0.15, -0.1) is 11.3 Å². The van der Waals surface area contributed by atoms with Crippen LogP contribution >= 0.6 is 11.3 Å². The Morgan fingerprint density at radius 3 is 2.77 bits per heavy atom. The van der Waals surface area contributed by atoms with Gasteiger partial charge >= 0.3 is 0 Å². The maximum absolute atomic E-state index is 13.2. The number of thiazole rings is 1. The normalized spacial score (nSPS) is 19.5. The van der Waals surface area contributed by atoms with Crippen LogP contribution in [0, 0.1) is 0 Å². The van der Waals surface area contributed by atoms with Gasteiger partial charge in [0.25, 0.3) is 11.8 Å². The van der Waals surface area contributed by atoms with E-state index in [0.717, 1.165) is 40.2 Å². The summed E-state index contributed by atoms with van der Waals surface area (Å²) in [5.74, 6) is 0.304. The van der Waals surface area contributed by atoms with Crippen molar-refractivity contribution in [3.05, 3.63) is 58.2 Å². The van der Waals surface area contributed by atoms with Gasteiger partial charge in [0.1, 0.15) is 5.75 Å². The third-order valence-corrected chi connectivity index (χ3v) is 7.52. The summed E-state index contributed by atoms with van der Waals surface area (Å²) in [5.41, 5.74) is 4.32. The highest BCUT2D eigenvalue weighted by atomic mass is 32.1. The number of amides is 2. The first kappa shape index (κ1) is 21.8. The van der Waals surface area contributed by atoms with Gasteiger partial charge in [-0.25, -0.2) is 4.68 Å². The standard InChI is InChI=1S/C26H25N5O3S/c1-30-20-10-6-5-9-18(20)24(25(30)33)29-31-21(15-35-26(31)27-17-7-3-2-4-8-17)16-11-12-22-19(13-16)28-23(32)14-34-22/h5-6,9-13,15,17H,2-4,7-8,14H2,1H3,(H,28,32). The molecular weight excluding hydrogens is 462 g/mol. The number of rotatable bonds is 3. The summed E-state index contributed by atoms with van der Waals surface area (Å²) >= 11 is 1.52. The molecule has 1 saturated carbocycles. The van der Waals surface area contributed by atoms with E-state index in [-0.39, 0.29) is 24.5 Å². The van der Waals surface area contributed by atoms with Gasteiger partial charge in [-0.3, -0.25) is 14.6 Å². The lowest BCUT2D eigenvalue weighted by Crippen LogP contribution is -2.27. The fourth-order valence-electron chi connectivity index (χ4n) is 4.84. The van der Waals surface area contributed by atoms with Gasteiger partial charge in [0.2, 0.25) is 4.80 Å². The number of anilines is 2. The van der Waals surface area contributed by atoms with E-state index in [9.17, 15) is 9.59 Å². The Hall–Kier alpha value is -3.72. The highest BCUT2D eigenvalue weighted by Gasteiger charge is 2.32. The fourth-order valence-corrected chi connectivity index (χ4v) is 5.74. The number of fused-ring (bicyclic) bond motifs is 2. The van der Waals surface area contributed by atoms with E-state index in [1.807, 2.05) is 47.8 Å². The summed E-state index contributed by atoms with van der Waals surface area (Å²) in [6, 6.07) is 13.6. The first-order chi connectivity index (χ1) is 17.1. The van der Waals surface area contributed by atoms with Gasteiger partial charge in [0.05, 0.1) is 23.1 Å². The first-order valence-corrected chi connectivity index (χ1v) is 12.7. The van der Waals surface area contributed by atoms with Crippen molar-refractivity contribution in [1.29, 1.82) is 0 Å². The summed E-state index contributed by atoms with van der Waals surface area (Å²) in [4.78, 5) is 32.5. The summed E-state index contributed by atoms with van der Waals surface area (Å²) in [5, 5.41) is 9.78. The summed E-state index contributed by atoms with van der Waals surface area (Å²) in [6.07, 6.45) is 5.75. The molecule has 35 heavy (non-hydrogen) atoms. The van der Waals surface area contributed by atoms with Gasteiger partial charge in [0, 0.05) is 23.6 Å². The predicted octanol–water partition coefficient (Wildman–Crippen LogP) is 4.01. The van der Waals surface area contributed by atoms with Gasteiger partial charge in [0.15, 0.2) is 12.3 Å². The van der Waals surface area contributed by atoms with Crippen LogP contribution in [0.1, 0.15) is 37.7 Å². The molecule has 1 aliphatic carbocycles. The Morgan fingerprint density at radius 1 is 1.09 bits per heavy atom. The second kappa shape index (κ2) is 8.81. The molecule has 1 fully saturated rings. The van der Waals surface area contributed by atoms with E-state index >= 15 is 0 Å². The SMILES string of the molecule is CN1C(=O)C(=Nn2c(-c3ccc4c(c3)NC(=O)CO4)csc2=NC2CCCCC2)c2ccccc21. The number of ether oxygens (including phenoxy) is 1. The molecule has 6 rings (SSSR count). The van der Waals surface area contributed by atoms with Crippen LogP contribution in [-0.4, -0.2) is 41.9 Å². The molecule has 3 aromatic rings. The third-order valence-electron chi connectivity index (χ3n) is 6.69. The van der Waals surface area contributed by atoms with E-state index in [1.165, 1.54) is 30.6 Å². The fraction of sp³-hybridized carbons (Fsp3) is 0.308. The van der Waals surface area contributed by atoms with Crippen LogP contribution in [0.4, 0.5) is 11.4 Å². The Balaban J connectivity index is 1.51. The first-order valence-electron chi connectivity index (χ1n) is 11.9. The van der Waals surface area contributed by atoms with Gasteiger partial charge < -0.3 is 15.0 Å². The molecular formula is C26H25N5O3S. The van der Waals surface area contributed by atoms with Crippen molar-refractivity contribution in [2.75, 3.05) is 23.9 Å². The van der Waals surface area contributed by atoms with Crippen molar-refractivity contribution in [2.45, 2.75) is 38.1 Å². The zero-order chi connectivity index (χ0) is 23.9. The van der Waals surface area contributed by atoms with Crippen LogP contribution in [0.2, 0.25) is 0 Å². The van der Waals surface area contributed by atoms with Crippen LogP contribution in [-0.2, 0) is 9.59 Å². The van der Waals surface area contributed by atoms with Gasteiger partial charge in [-0.1, -0.05) is 37.5 Å². The van der Waals surface area contributed by atoms with E-state index in [4.69, 9.17) is 14.8 Å². The molecule has 9 heteroatoms.